The van der Waals surface area contributed by atoms with E-state index in [0.717, 1.165) is 18.5 Å². The van der Waals surface area contributed by atoms with Gasteiger partial charge in [0.1, 0.15) is 0 Å². The van der Waals surface area contributed by atoms with Crippen molar-refractivity contribution in [2.24, 2.45) is 5.92 Å². The van der Waals surface area contributed by atoms with Crippen LogP contribution in [-0.4, -0.2) is 37.6 Å². The van der Waals surface area contributed by atoms with Crippen molar-refractivity contribution in [3.8, 4) is 0 Å². The second-order valence-electron chi connectivity index (χ2n) is 5.26. The number of hydrogen-bond donors (Lipinski definition) is 1. The molecule has 1 atom stereocenters. The van der Waals surface area contributed by atoms with Crippen LogP contribution in [0.15, 0.2) is 0 Å². The molecule has 1 saturated carbocycles. The third-order valence-corrected chi connectivity index (χ3v) is 3.17. The van der Waals surface area contributed by atoms with E-state index in [-0.39, 0.29) is 0 Å². The van der Waals surface area contributed by atoms with E-state index in [1.807, 2.05) is 0 Å². The average molecular weight is 198 g/mol. The van der Waals surface area contributed by atoms with E-state index in [1.165, 1.54) is 25.7 Å². The maximum atomic E-state index is 3.81. The fraction of sp³-hybridized carbons (Fsp3) is 1.00. The summed E-state index contributed by atoms with van der Waals surface area (Å²) in [5, 5.41) is 3.81. The molecule has 2 nitrogen and oxygen atoms in total. The van der Waals surface area contributed by atoms with Gasteiger partial charge in [0.05, 0.1) is 0 Å². The van der Waals surface area contributed by atoms with Crippen LogP contribution in [0, 0.1) is 5.92 Å². The minimum absolute atomic E-state index is 0.660. The SMILES string of the molecule is CC(C)C(CN(C)C)NC1CCCC1. The molecule has 1 fully saturated rings. The smallest absolute Gasteiger partial charge is 0.0220 e. The molecule has 1 rings (SSSR count). The van der Waals surface area contributed by atoms with E-state index >= 15 is 0 Å². The van der Waals surface area contributed by atoms with Gasteiger partial charge in [-0.25, -0.2) is 0 Å². The predicted molar refractivity (Wildman–Crippen MR) is 62.6 cm³/mol. The molecule has 0 aromatic rings. The van der Waals surface area contributed by atoms with Crippen LogP contribution in [0.3, 0.4) is 0 Å². The standard InChI is InChI=1S/C12H26N2/c1-10(2)12(9-14(3)4)13-11-7-5-6-8-11/h10-13H,5-9H2,1-4H3. The Labute approximate surface area is 89.1 Å². The molecular weight excluding hydrogens is 172 g/mol. The Morgan fingerprint density at radius 2 is 1.79 bits per heavy atom. The molecule has 0 heterocycles. The summed E-state index contributed by atoms with van der Waals surface area (Å²) in [5.74, 6) is 0.734. The molecule has 1 unspecified atom stereocenters. The lowest BCUT2D eigenvalue weighted by atomic mass is 10.0. The Hall–Kier alpha value is -0.0800. The lowest BCUT2D eigenvalue weighted by Gasteiger charge is -2.28. The molecular formula is C12H26N2. The van der Waals surface area contributed by atoms with Crippen LogP contribution >= 0.6 is 0 Å². The van der Waals surface area contributed by atoms with E-state index in [4.69, 9.17) is 0 Å². The van der Waals surface area contributed by atoms with Gasteiger partial charge in [-0.2, -0.15) is 0 Å². The highest BCUT2D eigenvalue weighted by Crippen LogP contribution is 2.19. The Bertz CT molecular complexity index is 148. The van der Waals surface area contributed by atoms with E-state index in [0.29, 0.717) is 6.04 Å². The number of nitrogens with one attached hydrogen (secondary N) is 1. The summed E-state index contributed by atoms with van der Waals surface area (Å²) in [5.41, 5.74) is 0. The van der Waals surface area contributed by atoms with E-state index in [9.17, 15) is 0 Å². The maximum Gasteiger partial charge on any atom is 0.0220 e. The number of likely N-dealkylation sites (N-methyl/N-ethyl adjacent to an activating group) is 1. The molecule has 0 spiro atoms. The number of rotatable bonds is 5. The van der Waals surface area contributed by atoms with Crippen molar-refractivity contribution >= 4 is 0 Å². The van der Waals surface area contributed by atoms with Gasteiger partial charge in [-0.15, -0.1) is 0 Å². The Balaban J connectivity index is 2.33. The third kappa shape index (κ3) is 3.97. The molecule has 0 aromatic heterocycles. The topological polar surface area (TPSA) is 15.3 Å². The minimum atomic E-state index is 0.660. The Morgan fingerprint density at radius 3 is 2.21 bits per heavy atom. The van der Waals surface area contributed by atoms with Crippen molar-refractivity contribution in [1.82, 2.24) is 10.2 Å². The van der Waals surface area contributed by atoms with Crippen LogP contribution in [0.1, 0.15) is 39.5 Å². The van der Waals surface area contributed by atoms with E-state index in [2.05, 4.69) is 38.2 Å². The van der Waals surface area contributed by atoms with Gasteiger partial charge in [0.15, 0.2) is 0 Å². The average Bonchev–Trinajstić information content (AvgIpc) is 2.54. The second-order valence-corrected chi connectivity index (χ2v) is 5.26. The summed E-state index contributed by atoms with van der Waals surface area (Å²) in [6.45, 7) is 5.79. The lowest BCUT2D eigenvalue weighted by Crippen LogP contribution is -2.46. The monoisotopic (exact) mass is 198 g/mol. The highest BCUT2D eigenvalue weighted by atomic mass is 15.1. The zero-order chi connectivity index (χ0) is 10.6. The number of nitrogens with zero attached hydrogens (tertiary/aromatic N) is 1. The van der Waals surface area contributed by atoms with Gasteiger partial charge in [-0.1, -0.05) is 26.7 Å². The first-order chi connectivity index (χ1) is 6.59. The molecule has 0 aromatic carbocycles. The molecule has 1 N–H and O–H groups in total. The van der Waals surface area contributed by atoms with Crippen LogP contribution in [0.2, 0.25) is 0 Å². The highest BCUT2D eigenvalue weighted by Gasteiger charge is 2.21. The second kappa shape index (κ2) is 5.72. The van der Waals surface area contributed by atoms with Crippen LogP contribution in [-0.2, 0) is 0 Å². The molecule has 0 radical (unpaired) electrons. The zero-order valence-corrected chi connectivity index (χ0v) is 10.2. The van der Waals surface area contributed by atoms with Gasteiger partial charge in [-0.05, 0) is 32.9 Å². The molecule has 2 heteroatoms. The summed E-state index contributed by atoms with van der Waals surface area (Å²) in [4.78, 5) is 2.28. The quantitative estimate of drug-likeness (QED) is 0.728. The van der Waals surface area contributed by atoms with Crippen LogP contribution in [0.25, 0.3) is 0 Å². The fourth-order valence-corrected chi connectivity index (χ4v) is 2.24. The van der Waals surface area contributed by atoms with Crippen LogP contribution in [0.4, 0.5) is 0 Å². The summed E-state index contributed by atoms with van der Waals surface area (Å²) in [6, 6.07) is 1.45. The normalized spacial score (nSPS) is 21.0. The Morgan fingerprint density at radius 1 is 1.21 bits per heavy atom. The van der Waals surface area contributed by atoms with Crippen molar-refractivity contribution < 1.29 is 0 Å². The molecule has 0 amide bonds. The molecule has 0 bridgehead atoms. The Kier molecular flexibility index (Phi) is 4.90. The summed E-state index contributed by atoms with van der Waals surface area (Å²) < 4.78 is 0. The van der Waals surface area contributed by atoms with Gasteiger partial charge in [0.25, 0.3) is 0 Å². The van der Waals surface area contributed by atoms with E-state index < -0.39 is 0 Å². The van der Waals surface area contributed by atoms with Gasteiger partial charge in [0, 0.05) is 18.6 Å². The van der Waals surface area contributed by atoms with Crippen molar-refractivity contribution in [2.75, 3.05) is 20.6 Å². The van der Waals surface area contributed by atoms with Crippen LogP contribution in [0.5, 0.6) is 0 Å². The highest BCUT2D eigenvalue weighted by molar-refractivity contribution is 4.81. The van der Waals surface area contributed by atoms with Gasteiger partial charge < -0.3 is 10.2 Å². The molecule has 0 saturated heterocycles. The maximum absolute atomic E-state index is 3.81. The molecule has 14 heavy (non-hydrogen) atoms. The third-order valence-electron chi connectivity index (χ3n) is 3.17. The molecule has 1 aliphatic carbocycles. The predicted octanol–water partition coefficient (Wildman–Crippen LogP) is 2.10. The van der Waals surface area contributed by atoms with Crippen molar-refractivity contribution in [1.29, 1.82) is 0 Å². The fourth-order valence-electron chi connectivity index (χ4n) is 2.24. The first kappa shape index (κ1) is 12.0. The molecule has 84 valence electrons. The lowest BCUT2D eigenvalue weighted by molar-refractivity contribution is 0.269. The summed E-state index contributed by atoms with van der Waals surface area (Å²) in [6.07, 6.45) is 5.61. The largest absolute Gasteiger partial charge is 0.310 e. The van der Waals surface area contributed by atoms with Crippen molar-refractivity contribution in [3.05, 3.63) is 0 Å². The minimum Gasteiger partial charge on any atom is -0.310 e. The zero-order valence-electron chi connectivity index (χ0n) is 10.2. The van der Waals surface area contributed by atoms with Gasteiger partial charge in [0.2, 0.25) is 0 Å². The first-order valence-electron chi connectivity index (χ1n) is 6.00. The number of hydrogen-bond acceptors (Lipinski definition) is 2. The molecule has 0 aliphatic heterocycles. The first-order valence-corrected chi connectivity index (χ1v) is 6.00. The van der Waals surface area contributed by atoms with Crippen molar-refractivity contribution in [3.63, 3.8) is 0 Å². The van der Waals surface area contributed by atoms with E-state index in [1.54, 1.807) is 0 Å². The summed E-state index contributed by atoms with van der Waals surface area (Å²) in [7, 11) is 4.32. The molecule has 1 aliphatic rings. The van der Waals surface area contributed by atoms with Crippen LogP contribution < -0.4 is 5.32 Å². The van der Waals surface area contributed by atoms with Gasteiger partial charge >= 0.3 is 0 Å². The van der Waals surface area contributed by atoms with Gasteiger partial charge in [-0.3, -0.25) is 0 Å². The summed E-state index contributed by atoms with van der Waals surface area (Å²) >= 11 is 0. The van der Waals surface area contributed by atoms with Crippen molar-refractivity contribution in [2.45, 2.75) is 51.6 Å².